The van der Waals surface area contributed by atoms with Crippen molar-refractivity contribution in [3.63, 3.8) is 0 Å². The molecule has 2 aromatic heterocycles. The summed E-state index contributed by atoms with van der Waals surface area (Å²) in [6, 6.07) is 65.0. The third-order valence-corrected chi connectivity index (χ3v) is 11.7. The minimum absolute atomic E-state index is 1.18. The van der Waals surface area contributed by atoms with Crippen molar-refractivity contribution >= 4 is 85.6 Å². The summed E-state index contributed by atoms with van der Waals surface area (Å²) in [5.41, 5.74) is 8.69. The molecular weight excluding hydrogens is 623 g/mol. The van der Waals surface area contributed by atoms with Crippen LogP contribution in [-0.2, 0) is 0 Å². The normalized spacial score (nSPS) is 12.0. The number of hydrogen-bond donors (Lipinski definition) is 0. The molecule has 0 aliphatic carbocycles. The third-order valence-electron chi connectivity index (χ3n) is 10.5. The molecule has 232 valence electrons. The Labute approximate surface area is 292 Å². The second-order valence-electron chi connectivity index (χ2n) is 13.3. The molecule has 2 heteroatoms. The van der Waals surface area contributed by atoms with Gasteiger partial charge in [0.05, 0.1) is 11.0 Å². The van der Waals surface area contributed by atoms with Crippen molar-refractivity contribution in [1.82, 2.24) is 4.57 Å². The summed E-state index contributed by atoms with van der Waals surface area (Å²) < 4.78 is 5.05. The lowest BCUT2D eigenvalue weighted by Crippen LogP contribution is -1.93. The third kappa shape index (κ3) is 4.00. The second-order valence-corrected chi connectivity index (χ2v) is 14.4. The molecular formula is C48H29NS. The Morgan fingerprint density at radius 1 is 0.320 bits per heavy atom. The van der Waals surface area contributed by atoms with Crippen LogP contribution in [0, 0.1) is 0 Å². The fourth-order valence-corrected chi connectivity index (χ4v) is 9.53. The maximum atomic E-state index is 2.42. The van der Waals surface area contributed by atoms with Crippen LogP contribution in [0.25, 0.3) is 102 Å². The first-order chi connectivity index (χ1) is 24.8. The highest BCUT2D eigenvalue weighted by Gasteiger charge is 2.19. The molecule has 0 unspecified atom stereocenters. The van der Waals surface area contributed by atoms with Crippen molar-refractivity contribution in [2.45, 2.75) is 0 Å². The monoisotopic (exact) mass is 651 g/mol. The first-order valence-corrected chi connectivity index (χ1v) is 18.0. The number of para-hydroxylation sites is 2. The van der Waals surface area contributed by atoms with Gasteiger partial charge in [0.15, 0.2) is 0 Å². The van der Waals surface area contributed by atoms with Gasteiger partial charge in [-0.2, -0.15) is 0 Å². The van der Waals surface area contributed by atoms with Crippen LogP contribution in [0.1, 0.15) is 0 Å². The van der Waals surface area contributed by atoms with E-state index in [1.54, 1.807) is 0 Å². The molecule has 0 bridgehead atoms. The van der Waals surface area contributed by atoms with E-state index in [2.05, 4.69) is 180 Å². The Bertz CT molecular complexity index is 3090. The Hall–Kier alpha value is -6.22. The molecule has 0 spiro atoms. The summed E-state index contributed by atoms with van der Waals surface area (Å²) in [6.45, 7) is 0. The van der Waals surface area contributed by atoms with Crippen molar-refractivity contribution < 1.29 is 0 Å². The molecule has 11 aromatic rings. The molecule has 0 aliphatic rings. The maximum Gasteiger partial charge on any atom is 0.0541 e. The van der Waals surface area contributed by atoms with Gasteiger partial charge >= 0.3 is 0 Å². The van der Waals surface area contributed by atoms with Gasteiger partial charge in [0.2, 0.25) is 0 Å². The van der Waals surface area contributed by atoms with Crippen molar-refractivity contribution in [3.8, 4) is 27.9 Å². The molecule has 11 rings (SSSR count). The Kier molecular flexibility index (Phi) is 5.89. The second kappa shape index (κ2) is 10.6. The number of aromatic nitrogens is 1. The minimum atomic E-state index is 1.18. The van der Waals surface area contributed by atoms with Gasteiger partial charge in [-0.05, 0) is 103 Å². The molecule has 0 aliphatic heterocycles. The highest BCUT2D eigenvalue weighted by Crippen LogP contribution is 2.46. The fraction of sp³-hybridized carbons (Fsp3) is 0. The van der Waals surface area contributed by atoms with E-state index in [4.69, 9.17) is 0 Å². The maximum absolute atomic E-state index is 2.42. The lowest BCUT2D eigenvalue weighted by Gasteiger charge is -2.18. The van der Waals surface area contributed by atoms with Gasteiger partial charge < -0.3 is 4.57 Å². The van der Waals surface area contributed by atoms with Crippen molar-refractivity contribution in [1.29, 1.82) is 0 Å². The van der Waals surface area contributed by atoms with E-state index < -0.39 is 0 Å². The Balaban J connectivity index is 1.17. The van der Waals surface area contributed by atoms with Crippen molar-refractivity contribution in [2.24, 2.45) is 0 Å². The molecule has 0 amide bonds. The van der Waals surface area contributed by atoms with Crippen LogP contribution in [0.3, 0.4) is 0 Å². The molecule has 0 fully saturated rings. The van der Waals surface area contributed by atoms with Crippen LogP contribution in [0.15, 0.2) is 176 Å². The number of hydrogen-bond acceptors (Lipinski definition) is 1. The lowest BCUT2D eigenvalue weighted by atomic mass is 9.85. The first kappa shape index (κ1) is 27.7. The Morgan fingerprint density at radius 2 is 0.840 bits per heavy atom. The summed E-state index contributed by atoms with van der Waals surface area (Å²) in [7, 11) is 0. The zero-order valence-corrected chi connectivity index (χ0v) is 27.9. The SMILES string of the molecule is c1ccc(-n2c3ccccc3c3cc(-c4c5ccccc5c(-c5ccc6c(c5)sc5cc7ccccc7cc56)c5ccccc45)ccc32)cc1. The Morgan fingerprint density at radius 3 is 1.54 bits per heavy atom. The topological polar surface area (TPSA) is 4.93 Å². The molecule has 9 aromatic carbocycles. The van der Waals surface area contributed by atoms with Crippen molar-refractivity contribution in [2.75, 3.05) is 0 Å². The summed E-state index contributed by atoms with van der Waals surface area (Å²) >= 11 is 1.90. The van der Waals surface area contributed by atoms with E-state index in [0.29, 0.717) is 0 Å². The summed E-state index contributed by atoms with van der Waals surface area (Å²) in [5, 5.41) is 12.9. The van der Waals surface area contributed by atoms with Crippen LogP contribution in [0.2, 0.25) is 0 Å². The van der Waals surface area contributed by atoms with Crippen LogP contribution < -0.4 is 0 Å². The predicted octanol–water partition coefficient (Wildman–Crippen LogP) is 13.9. The van der Waals surface area contributed by atoms with Crippen LogP contribution >= 0.6 is 11.3 Å². The van der Waals surface area contributed by atoms with Crippen LogP contribution in [0.5, 0.6) is 0 Å². The summed E-state index contributed by atoms with van der Waals surface area (Å²) in [4.78, 5) is 0. The molecule has 0 radical (unpaired) electrons. The number of fused-ring (bicyclic) bond motifs is 9. The fourth-order valence-electron chi connectivity index (χ4n) is 8.35. The quantitative estimate of drug-likeness (QED) is 0.168. The van der Waals surface area contributed by atoms with E-state index in [1.807, 2.05) is 11.3 Å². The van der Waals surface area contributed by atoms with Gasteiger partial charge in [-0.3, -0.25) is 0 Å². The van der Waals surface area contributed by atoms with Gasteiger partial charge in [-0.25, -0.2) is 0 Å². The number of rotatable bonds is 3. The van der Waals surface area contributed by atoms with Crippen LogP contribution in [-0.4, -0.2) is 4.57 Å². The van der Waals surface area contributed by atoms with E-state index in [0.717, 1.165) is 0 Å². The lowest BCUT2D eigenvalue weighted by molar-refractivity contribution is 1.18. The highest BCUT2D eigenvalue weighted by molar-refractivity contribution is 7.25. The molecule has 1 nitrogen and oxygen atoms in total. The van der Waals surface area contributed by atoms with E-state index in [-0.39, 0.29) is 0 Å². The minimum Gasteiger partial charge on any atom is -0.309 e. The predicted molar refractivity (Wildman–Crippen MR) is 217 cm³/mol. The van der Waals surface area contributed by atoms with Crippen LogP contribution in [0.4, 0.5) is 0 Å². The zero-order valence-electron chi connectivity index (χ0n) is 27.1. The van der Waals surface area contributed by atoms with E-state index >= 15 is 0 Å². The molecule has 0 saturated heterocycles. The van der Waals surface area contributed by atoms with Gasteiger partial charge in [0.1, 0.15) is 0 Å². The summed E-state index contributed by atoms with van der Waals surface area (Å²) in [5.74, 6) is 0. The molecule has 0 saturated carbocycles. The average molecular weight is 652 g/mol. The van der Waals surface area contributed by atoms with Gasteiger partial charge in [0.25, 0.3) is 0 Å². The molecule has 50 heavy (non-hydrogen) atoms. The average Bonchev–Trinajstić information content (AvgIpc) is 3.70. The molecule has 2 heterocycles. The summed E-state index contributed by atoms with van der Waals surface area (Å²) in [6.07, 6.45) is 0. The smallest absolute Gasteiger partial charge is 0.0541 e. The van der Waals surface area contributed by atoms with E-state index in [9.17, 15) is 0 Å². The largest absolute Gasteiger partial charge is 0.309 e. The number of nitrogens with zero attached hydrogens (tertiary/aromatic N) is 1. The number of benzene rings is 9. The van der Waals surface area contributed by atoms with Crippen molar-refractivity contribution in [3.05, 3.63) is 176 Å². The highest BCUT2D eigenvalue weighted by atomic mass is 32.1. The first-order valence-electron chi connectivity index (χ1n) is 17.2. The standard InChI is InChI=1S/C48H29NS/c1-2-14-34(15-3-1)49-43-21-11-10-16-35(43)41-27-32(23-25-44(41)49)47-37-17-6-8-19-39(37)48(40-20-9-7-18-38(40)47)33-22-24-36-42-26-30-12-4-5-13-31(30)28-46(42)50-45(36)29-33/h1-29H. The molecule has 0 atom stereocenters. The van der Waals surface area contributed by atoms with Gasteiger partial charge in [-0.15, -0.1) is 11.3 Å². The van der Waals surface area contributed by atoms with E-state index in [1.165, 1.54) is 102 Å². The molecule has 0 N–H and O–H groups in total. The number of thiophene rings is 1. The zero-order chi connectivity index (χ0) is 32.8. The van der Waals surface area contributed by atoms with Gasteiger partial charge in [-0.1, -0.05) is 127 Å². The van der Waals surface area contributed by atoms with Gasteiger partial charge in [0, 0.05) is 36.6 Å².